The van der Waals surface area contributed by atoms with Crippen molar-refractivity contribution in [2.45, 2.75) is 19.4 Å². The molecule has 1 aliphatic heterocycles. The smallest absolute Gasteiger partial charge is 0.351 e. The van der Waals surface area contributed by atoms with E-state index in [0.29, 0.717) is 16.8 Å². The SMILES string of the molecule is COC(=O)c1sc(N(C)C2CCN(C)CC2C)nc1Cl. The van der Waals surface area contributed by atoms with Gasteiger partial charge in [-0.25, -0.2) is 9.78 Å². The van der Waals surface area contributed by atoms with Gasteiger partial charge in [0.15, 0.2) is 15.2 Å². The average molecular weight is 318 g/mol. The Morgan fingerprint density at radius 3 is 2.90 bits per heavy atom. The van der Waals surface area contributed by atoms with Crippen molar-refractivity contribution in [3.63, 3.8) is 0 Å². The number of hydrogen-bond donors (Lipinski definition) is 0. The number of carbonyl (C=O) groups is 1. The molecule has 0 aromatic carbocycles. The second-order valence-corrected chi connectivity index (χ2v) is 6.65. The highest BCUT2D eigenvalue weighted by molar-refractivity contribution is 7.18. The van der Waals surface area contributed by atoms with Gasteiger partial charge in [0, 0.05) is 19.6 Å². The first-order valence-electron chi connectivity index (χ1n) is 6.60. The summed E-state index contributed by atoms with van der Waals surface area (Å²) in [6.07, 6.45) is 1.08. The Hall–Kier alpha value is -0.850. The van der Waals surface area contributed by atoms with Gasteiger partial charge in [0.25, 0.3) is 0 Å². The van der Waals surface area contributed by atoms with Crippen LogP contribution in [0, 0.1) is 5.92 Å². The summed E-state index contributed by atoms with van der Waals surface area (Å²) in [5, 5.41) is 1.00. The predicted molar refractivity (Wildman–Crippen MR) is 81.9 cm³/mol. The van der Waals surface area contributed by atoms with Gasteiger partial charge in [-0.3, -0.25) is 0 Å². The molecule has 0 N–H and O–H groups in total. The van der Waals surface area contributed by atoms with E-state index in [2.05, 4.69) is 28.8 Å². The first kappa shape index (κ1) is 15.5. The largest absolute Gasteiger partial charge is 0.465 e. The summed E-state index contributed by atoms with van der Waals surface area (Å²) < 4.78 is 4.71. The predicted octanol–water partition coefficient (Wildman–Crippen LogP) is 2.36. The van der Waals surface area contributed by atoms with Crippen molar-refractivity contribution in [2.75, 3.05) is 39.2 Å². The monoisotopic (exact) mass is 317 g/mol. The van der Waals surface area contributed by atoms with Crippen LogP contribution in [0.15, 0.2) is 0 Å². The van der Waals surface area contributed by atoms with E-state index in [1.54, 1.807) is 0 Å². The fourth-order valence-corrected chi connectivity index (χ4v) is 3.94. The molecule has 0 radical (unpaired) electrons. The van der Waals surface area contributed by atoms with Crippen LogP contribution in [-0.4, -0.2) is 56.2 Å². The van der Waals surface area contributed by atoms with Crippen molar-refractivity contribution in [3.8, 4) is 0 Å². The van der Waals surface area contributed by atoms with E-state index < -0.39 is 5.97 Å². The van der Waals surface area contributed by atoms with Crippen LogP contribution in [-0.2, 0) is 4.74 Å². The second-order valence-electron chi connectivity index (χ2n) is 5.31. The van der Waals surface area contributed by atoms with Gasteiger partial charge in [0.2, 0.25) is 0 Å². The number of esters is 1. The molecule has 2 unspecified atom stereocenters. The maximum absolute atomic E-state index is 11.6. The lowest BCUT2D eigenvalue weighted by Crippen LogP contribution is -2.47. The lowest BCUT2D eigenvalue weighted by atomic mass is 9.93. The third kappa shape index (κ3) is 3.07. The van der Waals surface area contributed by atoms with Gasteiger partial charge >= 0.3 is 5.97 Å². The Kier molecular flexibility index (Phi) is 4.88. The molecular formula is C13H20ClN3O2S. The molecular weight excluding hydrogens is 298 g/mol. The number of aromatic nitrogens is 1. The molecule has 2 atom stereocenters. The van der Waals surface area contributed by atoms with E-state index in [1.807, 2.05) is 7.05 Å². The maximum Gasteiger partial charge on any atom is 0.351 e. The number of ether oxygens (including phenoxy) is 1. The van der Waals surface area contributed by atoms with Crippen molar-refractivity contribution in [1.82, 2.24) is 9.88 Å². The topological polar surface area (TPSA) is 45.7 Å². The number of likely N-dealkylation sites (tertiary alicyclic amines) is 1. The van der Waals surface area contributed by atoms with Crippen LogP contribution < -0.4 is 4.90 Å². The van der Waals surface area contributed by atoms with Crippen molar-refractivity contribution in [3.05, 3.63) is 10.0 Å². The van der Waals surface area contributed by atoms with Gasteiger partial charge in [0.05, 0.1) is 7.11 Å². The minimum absolute atomic E-state index is 0.226. The molecule has 1 aliphatic rings. The highest BCUT2D eigenvalue weighted by Crippen LogP contribution is 2.33. The van der Waals surface area contributed by atoms with E-state index in [9.17, 15) is 4.79 Å². The maximum atomic E-state index is 11.6. The number of hydrogen-bond acceptors (Lipinski definition) is 6. The van der Waals surface area contributed by atoms with Crippen molar-refractivity contribution >= 4 is 34.0 Å². The van der Waals surface area contributed by atoms with Crippen molar-refractivity contribution < 1.29 is 9.53 Å². The number of carbonyl (C=O) groups excluding carboxylic acids is 1. The Labute approximate surface area is 128 Å². The molecule has 1 aromatic heterocycles. The molecule has 20 heavy (non-hydrogen) atoms. The van der Waals surface area contributed by atoms with E-state index in [-0.39, 0.29) is 5.15 Å². The number of piperidine rings is 1. The lowest BCUT2D eigenvalue weighted by molar-refractivity contribution is 0.0606. The zero-order valence-electron chi connectivity index (χ0n) is 12.2. The zero-order chi connectivity index (χ0) is 14.9. The molecule has 1 fully saturated rings. The summed E-state index contributed by atoms with van der Waals surface area (Å²) >= 11 is 7.32. The zero-order valence-corrected chi connectivity index (χ0v) is 13.8. The summed E-state index contributed by atoms with van der Waals surface area (Å²) in [5.41, 5.74) is 0. The van der Waals surface area contributed by atoms with Gasteiger partial charge in [-0.2, -0.15) is 0 Å². The van der Waals surface area contributed by atoms with E-state index in [1.165, 1.54) is 18.4 Å². The second kappa shape index (κ2) is 6.28. The third-order valence-corrected chi connectivity index (χ3v) is 5.32. The minimum atomic E-state index is -0.427. The van der Waals surface area contributed by atoms with Gasteiger partial charge < -0.3 is 14.5 Å². The Morgan fingerprint density at radius 2 is 2.30 bits per heavy atom. The number of thiazole rings is 1. The average Bonchev–Trinajstić information content (AvgIpc) is 2.79. The molecule has 1 aromatic rings. The standard InChI is InChI=1S/C13H20ClN3O2S/c1-8-7-16(2)6-5-9(8)17(3)13-15-11(14)10(20-13)12(18)19-4/h8-9H,5-7H2,1-4H3. The number of nitrogens with zero attached hydrogens (tertiary/aromatic N) is 3. The summed E-state index contributed by atoms with van der Waals surface area (Å²) in [7, 11) is 5.51. The first-order valence-corrected chi connectivity index (χ1v) is 7.79. The first-order chi connectivity index (χ1) is 9.43. The van der Waals surface area contributed by atoms with Crippen LogP contribution in [0.25, 0.3) is 0 Å². The molecule has 1 saturated heterocycles. The molecule has 0 aliphatic carbocycles. The highest BCUT2D eigenvalue weighted by Gasteiger charge is 2.30. The Balaban J connectivity index is 2.17. The molecule has 0 bridgehead atoms. The molecule has 5 nitrogen and oxygen atoms in total. The molecule has 2 rings (SSSR count). The summed E-state index contributed by atoms with van der Waals surface area (Å²) in [6, 6.07) is 0.416. The molecule has 112 valence electrons. The van der Waals surface area contributed by atoms with Crippen molar-refractivity contribution in [1.29, 1.82) is 0 Å². The summed E-state index contributed by atoms with van der Waals surface area (Å²) in [5.74, 6) is 0.117. The fourth-order valence-electron chi connectivity index (χ4n) is 2.72. The van der Waals surface area contributed by atoms with Crippen LogP contribution in [0.4, 0.5) is 5.13 Å². The van der Waals surface area contributed by atoms with Crippen molar-refractivity contribution in [2.24, 2.45) is 5.92 Å². The number of halogens is 1. The molecule has 0 saturated carbocycles. The molecule has 2 heterocycles. The highest BCUT2D eigenvalue weighted by atomic mass is 35.5. The number of rotatable bonds is 3. The van der Waals surface area contributed by atoms with Crippen LogP contribution in [0.2, 0.25) is 5.15 Å². The minimum Gasteiger partial charge on any atom is -0.465 e. The number of methoxy groups -OCH3 is 1. The fraction of sp³-hybridized carbons (Fsp3) is 0.692. The van der Waals surface area contributed by atoms with E-state index in [4.69, 9.17) is 16.3 Å². The Bertz CT molecular complexity index is 494. The lowest BCUT2D eigenvalue weighted by Gasteiger charge is -2.39. The van der Waals surface area contributed by atoms with Crippen LogP contribution in [0.5, 0.6) is 0 Å². The molecule has 0 amide bonds. The number of anilines is 1. The molecule has 7 heteroatoms. The van der Waals surface area contributed by atoms with E-state index in [0.717, 1.165) is 24.6 Å². The van der Waals surface area contributed by atoms with Gasteiger partial charge in [-0.1, -0.05) is 29.9 Å². The van der Waals surface area contributed by atoms with Gasteiger partial charge in [0.1, 0.15) is 0 Å². The van der Waals surface area contributed by atoms with Crippen LogP contribution >= 0.6 is 22.9 Å². The van der Waals surface area contributed by atoms with Crippen LogP contribution in [0.1, 0.15) is 23.0 Å². The summed E-state index contributed by atoms with van der Waals surface area (Å²) in [6.45, 7) is 4.38. The van der Waals surface area contributed by atoms with Gasteiger partial charge in [-0.05, 0) is 25.9 Å². The summed E-state index contributed by atoms with van der Waals surface area (Å²) in [4.78, 5) is 20.7. The van der Waals surface area contributed by atoms with Crippen LogP contribution in [0.3, 0.4) is 0 Å². The Morgan fingerprint density at radius 1 is 1.60 bits per heavy atom. The third-order valence-electron chi connectivity index (χ3n) is 3.81. The molecule has 0 spiro atoms. The van der Waals surface area contributed by atoms with Gasteiger partial charge in [-0.15, -0.1) is 0 Å². The quantitative estimate of drug-likeness (QED) is 0.801. The van der Waals surface area contributed by atoms with E-state index >= 15 is 0 Å². The normalized spacial score (nSPS) is 23.6.